The van der Waals surface area contributed by atoms with E-state index in [0.29, 0.717) is 22.6 Å². The van der Waals surface area contributed by atoms with E-state index in [9.17, 15) is 4.79 Å². The van der Waals surface area contributed by atoms with Crippen molar-refractivity contribution in [3.63, 3.8) is 0 Å². The molecule has 3 nitrogen and oxygen atoms in total. The van der Waals surface area contributed by atoms with Crippen LogP contribution in [0.2, 0.25) is 0 Å². The predicted octanol–water partition coefficient (Wildman–Crippen LogP) is 3.33. The summed E-state index contributed by atoms with van der Waals surface area (Å²) in [5.41, 5.74) is 9.51. The first-order chi connectivity index (χ1) is 8.41. The number of carbonyl (C=O) groups is 1. The van der Waals surface area contributed by atoms with Crippen LogP contribution in [0.15, 0.2) is 22.6 Å². The SMILES string of the molecule is Cc1cc(N)ccc1C(=O)c1c(C)oc(C)c1C. The van der Waals surface area contributed by atoms with E-state index in [1.165, 1.54) is 0 Å². The van der Waals surface area contributed by atoms with Crippen LogP contribution in [-0.2, 0) is 0 Å². The second-order valence-electron chi connectivity index (χ2n) is 4.62. The molecule has 0 saturated carbocycles. The lowest BCUT2D eigenvalue weighted by molar-refractivity contribution is 0.103. The van der Waals surface area contributed by atoms with Gasteiger partial charge in [-0.1, -0.05) is 0 Å². The number of furan rings is 1. The molecule has 94 valence electrons. The van der Waals surface area contributed by atoms with Gasteiger partial charge in [-0.25, -0.2) is 0 Å². The molecule has 1 aromatic heterocycles. The maximum Gasteiger partial charge on any atom is 0.197 e. The number of benzene rings is 1. The van der Waals surface area contributed by atoms with Crippen molar-refractivity contribution in [1.82, 2.24) is 0 Å². The number of ketones is 1. The lowest BCUT2D eigenvalue weighted by Crippen LogP contribution is -2.06. The van der Waals surface area contributed by atoms with Crippen molar-refractivity contribution < 1.29 is 9.21 Å². The van der Waals surface area contributed by atoms with E-state index >= 15 is 0 Å². The molecular formula is C15H17NO2. The number of hydrogen-bond acceptors (Lipinski definition) is 3. The van der Waals surface area contributed by atoms with Crippen molar-refractivity contribution in [2.45, 2.75) is 27.7 Å². The van der Waals surface area contributed by atoms with Gasteiger partial charge in [0.05, 0.1) is 5.56 Å². The molecule has 1 aromatic carbocycles. The van der Waals surface area contributed by atoms with Crippen molar-refractivity contribution in [2.75, 3.05) is 5.73 Å². The van der Waals surface area contributed by atoms with Gasteiger partial charge >= 0.3 is 0 Å². The molecule has 0 atom stereocenters. The summed E-state index contributed by atoms with van der Waals surface area (Å²) in [5, 5.41) is 0. The van der Waals surface area contributed by atoms with Crippen molar-refractivity contribution in [3.8, 4) is 0 Å². The van der Waals surface area contributed by atoms with E-state index in [2.05, 4.69) is 0 Å². The van der Waals surface area contributed by atoms with E-state index in [1.54, 1.807) is 12.1 Å². The van der Waals surface area contributed by atoms with Crippen LogP contribution in [0.4, 0.5) is 5.69 Å². The highest BCUT2D eigenvalue weighted by atomic mass is 16.3. The largest absolute Gasteiger partial charge is 0.466 e. The monoisotopic (exact) mass is 243 g/mol. The summed E-state index contributed by atoms with van der Waals surface area (Å²) in [4.78, 5) is 12.5. The lowest BCUT2D eigenvalue weighted by Gasteiger charge is -2.06. The zero-order chi connectivity index (χ0) is 13.4. The van der Waals surface area contributed by atoms with Crippen LogP contribution in [0.25, 0.3) is 0 Å². The third-order valence-electron chi connectivity index (χ3n) is 3.28. The highest BCUT2D eigenvalue weighted by molar-refractivity contribution is 6.11. The summed E-state index contributed by atoms with van der Waals surface area (Å²) in [6, 6.07) is 5.33. The van der Waals surface area contributed by atoms with E-state index in [0.717, 1.165) is 16.9 Å². The van der Waals surface area contributed by atoms with Crippen molar-refractivity contribution in [2.24, 2.45) is 0 Å². The van der Waals surface area contributed by atoms with Crippen LogP contribution < -0.4 is 5.73 Å². The van der Waals surface area contributed by atoms with Gasteiger partial charge in [-0.3, -0.25) is 4.79 Å². The molecule has 0 amide bonds. The second-order valence-corrected chi connectivity index (χ2v) is 4.62. The lowest BCUT2D eigenvalue weighted by atomic mass is 9.96. The Morgan fingerprint density at radius 3 is 2.28 bits per heavy atom. The molecule has 0 unspecified atom stereocenters. The minimum absolute atomic E-state index is 0.000602. The number of nitrogen functional groups attached to an aromatic ring is 1. The average Bonchev–Trinajstić information content (AvgIpc) is 2.52. The highest BCUT2D eigenvalue weighted by Gasteiger charge is 2.21. The van der Waals surface area contributed by atoms with E-state index < -0.39 is 0 Å². The molecule has 0 saturated heterocycles. The van der Waals surface area contributed by atoms with Crippen LogP contribution in [0.1, 0.15) is 38.6 Å². The summed E-state index contributed by atoms with van der Waals surface area (Å²) in [6.45, 7) is 7.49. The number of anilines is 1. The van der Waals surface area contributed by atoms with Crippen molar-refractivity contribution in [3.05, 3.63) is 52.0 Å². The van der Waals surface area contributed by atoms with Gasteiger partial charge < -0.3 is 10.2 Å². The fourth-order valence-electron chi connectivity index (χ4n) is 2.20. The van der Waals surface area contributed by atoms with Gasteiger partial charge in [-0.2, -0.15) is 0 Å². The Morgan fingerprint density at radius 1 is 1.11 bits per heavy atom. The molecule has 2 aromatic rings. The first-order valence-electron chi connectivity index (χ1n) is 5.89. The van der Waals surface area contributed by atoms with Crippen LogP contribution in [0, 0.1) is 27.7 Å². The molecule has 0 spiro atoms. The third kappa shape index (κ3) is 1.92. The fourth-order valence-corrected chi connectivity index (χ4v) is 2.20. The molecule has 2 rings (SSSR count). The standard InChI is InChI=1S/C15H17NO2/c1-8-7-12(16)5-6-13(8)15(17)14-9(2)10(3)18-11(14)4/h5-7H,16H2,1-4H3. The topological polar surface area (TPSA) is 56.2 Å². The molecule has 2 N–H and O–H groups in total. The van der Waals surface area contributed by atoms with Gasteiger partial charge in [0.2, 0.25) is 0 Å². The van der Waals surface area contributed by atoms with Crippen LogP contribution in [-0.4, -0.2) is 5.78 Å². The Hall–Kier alpha value is -2.03. The molecule has 0 aliphatic heterocycles. The van der Waals surface area contributed by atoms with E-state index in [4.69, 9.17) is 10.2 Å². The van der Waals surface area contributed by atoms with Crippen molar-refractivity contribution >= 4 is 11.5 Å². The molecule has 18 heavy (non-hydrogen) atoms. The van der Waals surface area contributed by atoms with Gasteiger partial charge in [0, 0.05) is 16.8 Å². The van der Waals surface area contributed by atoms with Crippen LogP contribution in [0.3, 0.4) is 0 Å². The molecular weight excluding hydrogens is 226 g/mol. The fraction of sp³-hybridized carbons (Fsp3) is 0.267. The molecule has 3 heteroatoms. The molecule has 0 bridgehead atoms. The molecule has 0 fully saturated rings. The number of hydrogen-bond donors (Lipinski definition) is 1. The Bertz CT molecular complexity index is 624. The quantitative estimate of drug-likeness (QED) is 0.650. The Labute approximate surface area is 107 Å². The summed E-state index contributed by atoms with van der Waals surface area (Å²) >= 11 is 0. The second kappa shape index (κ2) is 4.33. The number of nitrogens with two attached hydrogens (primary N) is 1. The van der Waals surface area contributed by atoms with Gasteiger partial charge in [0.1, 0.15) is 11.5 Å². The van der Waals surface area contributed by atoms with Crippen molar-refractivity contribution in [1.29, 1.82) is 0 Å². The smallest absolute Gasteiger partial charge is 0.197 e. The molecule has 0 aliphatic rings. The third-order valence-corrected chi connectivity index (χ3v) is 3.28. The first kappa shape index (κ1) is 12.4. The number of aryl methyl sites for hydroxylation is 3. The Morgan fingerprint density at radius 2 is 1.78 bits per heavy atom. The molecule has 1 heterocycles. The summed E-state index contributed by atoms with van der Waals surface area (Å²) in [5.74, 6) is 1.47. The maximum atomic E-state index is 12.5. The number of carbonyl (C=O) groups excluding carboxylic acids is 1. The van der Waals surface area contributed by atoms with E-state index in [-0.39, 0.29) is 5.78 Å². The van der Waals surface area contributed by atoms with E-state index in [1.807, 2.05) is 33.8 Å². The van der Waals surface area contributed by atoms with Crippen LogP contribution in [0.5, 0.6) is 0 Å². The first-order valence-corrected chi connectivity index (χ1v) is 5.89. The molecule has 0 aliphatic carbocycles. The predicted molar refractivity (Wildman–Crippen MR) is 71.9 cm³/mol. The summed E-state index contributed by atoms with van der Waals surface area (Å²) in [7, 11) is 0. The minimum atomic E-state index is -0.000602. The average molecular weight is 243 g/mol. The maximum absolute atomic E-state index is 12.5. The van der Waals surface area contributed by atoms with Gasteiger partial charge in [0.15, 0.2) is 5.78 Å². The Kier molecular flexibility index (Phi) is 2.99. The van der Waals surface area contributed by atoms with Crippen LogP contribution >= 0.6 is 0 Å². The summed E-state index contributed by atoms with van der Waals surface area (Å²) in [6.07, 6.45) is 0. The summed E-state index contributed by atoms with van der Waals surface area (Å²) < 4.78 is 5.51. The number of rotatable bonds is 2. The van der Waals surface area contributed by atoms with Gasteiger partial charge in [-0.15, -0.1) is 0 Å². The Balaban J connectivity index is 2.55. The van der Waals surface area contributed by atoms with Gasteiger partial charge in [-0.05, 0) is 51.5 Å². The minimum Gasteiger partial charge on any atom is -0.466 e. The normalized spacial score (nSPS) is 10.7. The zero-order valence-corrected chi connectivity index (χ0v) is 11.1. The molecule has 0 radical (unpaired) electrons. The van der Waals surface area contributed by atoms with Gasteiger partial charge in [0.25, 0.3) is 0 Å². The zero-order valence-electron chi connectivity index (χ0n) is 11.1. The highest BCUT2D eigenvalue weighted by Crippen LogP contribution is 2.25.